The molecule has 0 saturated carbocycles. The predicted octanol–water partition coefficient (Wildman–Crippen LogP) is 1.69. The summed E-state index contributed by atoms with van der Waals surface area (Å²) in [4.78, 5) is 20.1. The van der Waals surface area contributed by atoms with Crippen molar-refractivity contribution < 1.29 is 9.53 Å². The van der Waals surface area contributed by atoms with Crippen molar-refractivity contribution in [3.8, 4) is 5.88 Å². The van der Waals surface area contributed by atoms with Crippen LogP contribution in [0.5, 0.6) is 5.88 Å². The van der Waals surface area contributed by atoms with E-state index >= 15 is 0 Å². The summed E-state index contributed by atoms with van der Waals surface area (Å²) in [6.45, 7) is 1.93. The Kier molecular flexibility index (Phi) is 4.19. The van der Waals surface area contributed by atoms with E-state index in [9.17, 15) is 4.79 Å². The molecule has 8 heteroatoms. The number of anilines is 1. The van der Waals surface area contributed by atoms with E-state index in [1.165, 1.54) is 13.2 Å². The first-order valence-electron chi connectivity index (χ1n) is 5.96. The molecule has 2 aromatic heterocycles. The Hall–Kier alpha value is -2.15. The maximum absolute atomic E-state index is 12.2. The second-order valence-electron chi connectivity index (χ2n) is 4.03. The molecule has 0 unspecified atom stereocenters. The third kappa shape index (κ3) is 3.05. The Balaban J connectivity index is 2.25. The molecular formula is C12H14ClN5O2. The molecule has 0 fully saturated rings. The smallest absolute Gasteiger partial charge is 0.261 e. The number of nitrogens with one attached hydrogen (secondary N) is 1. The number of rotatable bonds is 4. The van der Waals surface area contributed by atoms with E-state index < -0.39 is 0 Å². The summed E-state index contributed by atoms with van der Waals surface area (Å²) in [6, 6.07) is 1.46. The van der Waals surface area contributed by atoms with Gasteiger partial charge in [0.25, 0.3) is 5.91 Å². The van der Waals surface area contributed by atoms with E-state index in [1.54, 1.807) is 17.9 Å². The number of carbonyl (C=O) groups excluding carboxylic acids is 1. The van der Waals surface area contributed by atoms with Crippen LogP contribution in [0.3, 0.4) is 0 Å². The summed E-state index contributed by atoms with van der Waals surface area (Å²) < 4.78 is 6.56. The minimum absolute atomic E-state index is 0.0882. The summed E-state index contributed by atoms with van der Waals surface area (Å²) in [5, 5.41) is 6.98. The van der Waals surface area contributed by atoms with Gasteiger partial charge in [-0.2, -0.15) is 10.1 Å². The van der Waals surface area contributed by atoms with E-state index in [2.05, 4.69) is 20.4 Å². The third-order valence-electron chi connectivity index (χ3n) is 2.59. The van der Waals surface area contributed by atoms with Crippen LogP contribution in [0.15, 0.2) is 12.3 Å². The van der Waals surface area contributed by atoms with Crippen LogP contribution in [0.25, 0.3) is 0 Å². The summed E-state index contributed by atoms with van der Waals surface area (Å²) >= 11 is 5.82. The summed E-state index contributed by atoms with van der Waals surface area (Å²) in [5.74, 6) is 0.0340. The maximum atomic E-state index is 12.2. The van der Waals surface area contributed by atoms with Gasteiger partial charge in [-0.1, -0.05) is 18.5 Å². The van der Waals surface area contributed by atoms with Crippen molar-refractivity contribution in [1.29, 1.82) is 0 Å². The lowest BCUT2D eigenvalue weighted by molar-refractivity contribution is 0.102. The maximum Gasteiger partial charge on any atom is 0.261 e. The van der Waals surface area contributed by atoms with Crippen molar-refractivity contribution >= 4 is 23.5 Å². The van der Waals surface area contributed by atoms with Crippen LogP contribution in [-0.4, -0.2) is 32.8 Å². The Morgan fingerprint density at radius 3 is 2.90 bits per heavy atom. The molecule has 0 atom stereocenters. The molecule has 7 nitrogen and oxygen atoms in total. The third-order valence-corrected chi connectivity index (χ3v) is 2.78. The fraction of sp³-hybridized carbons (Fsp3) is 0.333. The number of hydrogen-bond acceptors (Lipinski definition) is 5. The van der Waals surface area contributed by atoms with Crippen molar-refractivity contribution in [1.82, 2.24) is 19.7 Å². The average molecular weight is 296 g/mol. The highest BCUT2D eigenvalue weighted by Gasteiger charge is 2.16. The quantitative estimate of drug-likeness (QED) is 0.868. The monoisotopic (exact) mass is 295 g/mol. The first kappa shape index (κ1) is 14.3. The average Bonchev–Trinajstić information content (AvgIpc) is 2.79. The standard InChI is InChI=1S/C12H14ClN5O2/c1-4-8-7(6-18(2)17-8)11(19)16-12-14-9(13)5-10(15-12)20-3/h5-6H,4H2,1-3H3,(H,14,15,16,19). The Labute approximate surface area is 120 Å². The largest absolute Gasteiger partial charge is 0.481 e. The molecule has 0 bridgehead atoms. The summed E-state index contributed by atoms with van der Waals surface area (Å²) in [5.41, 5.74) is 1.19. The minimum atomic E-state index is -0.334. The second-order valence-corrected chi connectivity index (χ2v) is 4.41. The molecule has 1 N–H and O–H groups in total. The molecule has 0 spiro atoms. The lowest BCUT2D eigenvalue weighted by Gasteiger charge is -2.05. The highest BCUT2D eigenvalue weighted by Crippen LogP contribution is 2.17. The van der Waals surface area contributed by atoms with Crippen LogP contribution in [0, 0.1) is 0 Å². The molecule has 0 aromatic carbocycles. The normalized spacial score (nSPS) is 10.4. The van der Waals surface area contributed by atoms with Gasteiger partial charge >= 0.3 is 0 Å². The Bertz CT molecular complexity index is 641. The van der Waals surface area contributed by atoms with Crippen LogP contribution >= 0.6 is 11.6 Å². The van der Waals surface area contributed by atoms with Gasteiger partial charge in [-0.3, -0.25) is 14.8 Å². The van der Waals surface area contributed by atoms with Crippen molar-refractivity contribution in [3.05, 3.63) is 28.7 Å². The fourth-order valence-electron chi connectivity index (χ4n) is 1.71. The van der Waals surface area contributed by atoms with Crippen LogP contribution in [0.4, 0.5) is 5.95 Å². The first-order chi connectivity index (χ1) is 9.53. The van der Waals surface area contributed by atoms with E-state index in [4.69, 9.17) is 16.3 Å². The van der Waals surface area contributed by atoms with Crippen LogP contribution in [-0.2, 0) is 13.5 Å². The van der Waals surface area contributed by atoms with E-state index in [-0.39, 0.29) is 22.9 Å². The molecule has 2 heterocycles. The number of methoxy groups -OCH3 is 1. The van der Waals surface area contributed by atoms with Crippen molar-refractivity contribution in [2.24, 2.45) is 7.05 Å². The number of amides is 1. The topological polar surface area (TPSA) is 81.9 Å². The number of aryl methyl sites for hydroxylation is 2. The molecule has 0 aliphatic carbocycles. The van der Waals surface area contributed by atoms with E-state index in [0.29, 0.717) is 17.7 Å². The van der Waals surface area contributed by atoms with Gasteiger partial charge in [0, 0.05) is 19.3 Å². The molecule has 0 radical (unpaired) electrons. The Morgan fingerprint density at radius 2 is 2.25 bits per heavy atom. The van der Waals surface area contributed by atoms with Gasteiger partial charge in [0.2, 0.25) is 11.8 Å². The van der Waals surface area contributed by atoms with Gasteiger partial charge in [-0.15, -0.1) is 0 Å². The molecule has 20 heavy (non-hydrogen) atoms. The zero-order valence-electron chi connectivity index (χ0n) is 11.3. The van der Waals surface area contributed by atoms with Crippen LogP contribution < -0.4 is 10.1 Å². The number of halogens is 1. The number of ether oxygens (including phenoxy) is 1. The number of aromatic nitrogens is 4. The van der Waals surface area contributed by atoms with Crippen LogP contribution in [0.1, 0.15) is 23.0 Å². The van der Waals surface area contributed by atoms with Crippen LogP contribution in [0.2, 0.25) is 5.15 Å². The van der Waals surface area contributed by atoms with Crippen molar-refractivity contribution in [2.45, 2.75) is 13.3 Å². The van der Waals surface area contributed by atoms with Gasteiger partial charge in [0.05, 0.1) is 18.4 Å². The predicted molar refractivity (Wildman–Crippen MR) is 74.1 cm³/mol. The van der Waals surface area contributed by atoms with Gasteiger partial charge in [0.15, 0.2) is 0 Å². The summed E-state index contributed by atoms with van der Waals surface area (Å²) in [6.07, 6.45) is 2.30. The molecule has 0 saturated heterocycles. The zero-order chi connectivity index (χ0) is 14.7. The minimum Gasteiger partial charge on any atom is -0.481 e. The first-order valence-corrected chi connectivity index (χ1v) is 6.33. The molecule has 106 valence electrons. The lowest BCUT2D eigenvalue weighted by Crippen LogP contribution is -2.15. The highest BCUT2D eigenvalue weighted by molar-refractivity contribution is 6.29. The Morgan fingerprint density at radius 1 is 1.50 bits per heavy atom. The molecule has 1 amide bonds. The van der Waals surface area contributed by atoms with Crippen molar-refractivity contribution in [3.63, 3.8) is 0 Å². The summed E-state index contributed by atoms with van der Waals surface area (Å²) in [7, 11) is 3.22. The molecular weight excluding hydrogens is 282 g/mol. The van der Waals surface area contributed by atoms with Crippen molar-refractivity contribution in [2.75, 3.05) is 12.4 Å². The van der Waals surface area contributed by atoms with Gasteiger partial charge in [-0.05, 0) is 6.42 Å². The fourth-order valence-corrected chi connectivity index (χ4v) is 1.89. The lowest BCUT2D eigenvalue weighted by atomic mass is 10.2. The SMILES string of the molecule is CCc1nn(C)cc1C(=O)Nc1nc(Cl)cc(OC)n1. The second kappa shape index (κ2) is 5.87. The molecule has 0 aliphatic rings. The number of hydrogen-bond donors (Lipinski definition) is 1. The zero-order valence-corrected chi connectivity index (χ0v) is 12.1. The van der Waals surface area contributed by atoms with E-state index in [0.717, 1.165) is 0 Å². The highest BCUT2D eigenvalue weighted by atomic mass is 35.5. The van der Waals surface area contributed by atoms with Gasteiger partial charge in [-0.25, -0.2) is 4.98 Å². The van der Waals surface area contributed by atoms with Gasteiger partial charge in [0.1, 0.15) is 5.15 Å². The number of nitrogens with zero attached hydrogens (tertiary/aromatic N) is 4. The molecule has 2 rings (SSSR count). The molecule has 2 aromatic rings. The number of carbonyl (C=O) groups is 1. The molecule has 0 aliphatic heterocycles. The van der Waals surface area contributed by atoms with Gasteiger partial charge < -0.3 is 4.74 Å². The van der Waals surface area contributed by atoms with E-state index in [1.807, 2.05) is 6.92 Å².